The second-order valence-electron chi connectivity index (χ2n) is 6.32. The smallest absolute Gasteiger partial charge is 0.0499 e. The average Bonchev–Trinajstić information content (AvgIpc) is 2.53. The van der Waals surface area contributed by atoms with Crippen LogP contribution in [0.3, 0.4) is 0 Å². The number of nitrogens with zero attached hydrogens (tertiary/aromatic N) is 1. The molecular weight excluding hydrogens is 260 g/mol. The Labute approximate surface area is 129 Å². The van der Waals surface area contributed by atoms with Crippen LogP contribution in [0.2, 0.25) is 0 Å². The minimum Gasteiger partial charge on any atom is -0.384 e. The molecule has 1 unspecified atom stereocenters. The van der Waals surface area contributed by atoms with Crippen molar-refractivity contribution in [3.63, 3.8) is 0 Å². The Morgan fingerprint density at radius 3 is 2.62 bits per heavy atom. The van der Waals surface area contributed by atoms with Gasteiger partial charge in [-0.1, -0.05) is 37.3 Å². The Hall–Kier alpha value is -0.900. The van der Waals surface area contributed by atoms with E-state index in [1.807, 2.05) is 0 Å². The molecule has 0 spiro atoms. The summed E-state index contributed by atoms with van der Waals surface area (Å²) in [5, 5.41) is 3.69. The van der Waals surface area contributed by atoms with Gasteiger partial charge in [0.25, 0.3) is 0 Å². The van der Waals surface area contributed by atoms with Gasteiger partial charge < -0.3 is 15.0 Å². The standard InChI is InChI=1S/C18H30N2O/c1-16(15-21-2)14-19-18-9-12-20(13-10-18)11-8-17-6-4-3-5-7-17/h3-7,16,18-19H,8-15H2,1-2H3. The van der Waals surface area contributed by atoms with Crippen LogP contribution >= 0.6 is 0 Å². The van der Waals surface area contributed by atoms with E-state index >= 15 is 0 Å². The van der Waals surface area contributed by atoms with Crippen LogP contribution in [0, 0.1) is 5.92 Å². The van der Waals surface area contributed by atoms with E-state index in [4.69, 9.17) is 4.74 Å². The number of benzene rings is 1. The summed E-state index contributed by atoms with van der Waals surface area (Å²) in [6.45, 7) is 7.81. The van der Waals surface area contributed by atoms with Gasteiger partial charge >= 0.3 is 0 Å². The number of hydrogen-bond acceptors (Lipinski definition) is 3. The van der Waals surface area contributed by atoms with Gasteiger partial charge in [0, 0.05) is 32.8 Å². The van der Waals surface area contributed by atoms with Crippen LogP contribution in [0.4, 0.5) is 0 Å². The van der Waals surface area contributed by atoms with E-state index in [0.717, 1.165) is 13.2 Å². The topological polar surface area (TPSA) is 24.5 Å². The molecule has 0 aliphatic carbocycles. The molecule has 1 aromatic rings. The lowest BCUT2D eigenvalue weighted by Crippen LogP contribution is -2.44. The van der Waals surface area contributed by atoms with Gasteiger partial charge in [-0.3, -0.25) is 0 Å². The minimum absolute atomic E-state index is 0.603. The van der Waals surface area contributed by atoms with Gasteiger partial charge in [-0.05, 0) is 43.8 Å². The molecule has 118 valence electrons. The number of ether oxygens (including phenoxy) is 1. The third-order valence-electron chi connectivity index (χ3n) is 4.35. The monoisotopic (exact) mass is 290 g/mol. The summed E-state index contributed by atoms with van der Waals surface area (Å²) in [6.07, 6.45) is 3.72. The molecule has 1 N–H and O–H groups in total. The van der Waals surface area contributed by atoms with E-state index in [2.05, 4.69) is 47.5 Å². The van der Waals surface area contributed by atoms with Crippen molar-refractivity contribution in [1.82, 2.24) is 10.2 Å². The summed E-state index contributed by atoms with van der Waals surface area (Å²) < 4.78 is 5.19. The highest BCUT2D eigenvalue weighted by Crippen LogP contribution is 2.12. The Balaban J connectivity index is 1.60. The van der Waals surface area contributed by atoms with Crippen molar-refractivity contribution >= 4 is 0 Å². The summed E-state index contributed by atoms with van der Waals surface area (Å²) in [5.41, 5.74) is 1.45. The summed E-state index contributed by atoms with van der Waals surface area (Å²) in [4.78, 5) is 2.60. The van der Waals surface area contributed by atoms with Crippen molar-refractivity contribution < 1.29 is 4.74 Å². The van der Waals surface area contributed by atoms with Gasteiger partial charge in [-0.15, -0.1) is 0 Å². The summed E-state index contributed by atoms with van der Waals surface area (Å²) in [7, 11) is 1.78. The number of rotatable bonds is 8. The van der Waals surface area contributed by atoms with Gasteiger partial charge in [-0.25, -0.2) is 0 Å². The van der Waals surface area contributed by atoms with Crippen molar-refractivity contribution in [2.24, 2.45) is 5.92 Å². The Kier molecular flexibility index (Phi) is 7.20. The number of piperidine rings is 1. The maximum Gasteiger partial charge on any atom is 0.0499 e. The maximum absolute atomic E-state index is 5.19. The van der Waals surface area contributed by atoms with E-state index in [1.54, 1.807) is 7.11 Å². The van der Waals surface area contributed by atoms with Gasteiger partial charge in [0.2, 0.25) is 0 Å². The molecule has 1 aliphatic heterocycles. The molecule has 1 heterocycles. The molecule has 1 aliphatic rings. The fourth-order valence-electron chi connectivity index (χ4n) is 3.00. The zero-order valence-corrected chi connectivity index (χ0v) is 13.6. The highest BCUT2D eigenvalue weighted by atomic mass is 16.5. The Morgan fingerprint density at radius 1 is 1.24 bits per heavy atom. The highest BCUT2D eigenvalue weighted by molar-refractivity contribution is 5.14. The van der Waals surface area contributed by atoms with Crippen LogP contribution < -0.4 is 5.32 Å². The predicted octanol–water partition coefficient (Wildman–Crippen LogP) is 2.57. The Bertz CT molecular complexity index is 374. The molecule has 1 fully saturated rings. The van der Waals surface area contributed by atoms with Crippen molar-refractivity contribution in [2.45, 2.75) is 32.2 Å². The SMILES string of the molecule is COCC(C)CNC1CCN(CCc2ccccc2)CC1. The fraction of sp³-hybridized carbons (Fsp3) is 0.667. The average molecular weight is 290 g/mol. The summed E-state index contributed by atoms with van der Waals surface area (Å²) >= 11 is 0. The minimum atomic E-state index is 0.603. The molecule has 0 radical (unpaired) electrons. The molecule has 0 bridgehead atoms. The Morgan fingerprint density at radius 2 is 1.95 bits per heavy atom. The first-order valence-electron chi connectivity index (χ1n) is 8.26. The van der Waals surface area contributed by atoms with E-state index in [-0.39, 0.29) is 0 Å². The second kappa shape index (κ2) is 9.19. The molecule has 21 heavy (non-hydrogen) atoms. The fourth-order valence-corrected chi connectivity index (χ4v) is 3.00. The molecule has 1 atom stereocenters. The first-order chi connectivity index (χ1) is 10.3. The van der Waals surface area contributed by atoms with Crippen LogP contribution in [-0.4, -0.2) is 50.8 Å². The number of methoxy groups -OCH3 is 1. The molecule has 1 aromatic carbocycles. The van der Waals surface area contributed by atoms with E-state index in [0.29, 0.717) is 12.0 Å². The zero-order valence-electron chi connectivity index (χ0n) is 13.6. The van der Waals surface area contributed by atoms with Gasteiger partial charge in [0.05, 0.1) is 0 Å². The molecule has 3 heteroatoms. The quantitative estimate of drug-likeness (QED) is 0.796. The van der Waals surface area contributed by atoms with Crippen LogP contribution in [0.15, 0.2) is 30.3 Å². The lowest BCUT2D eigenvalue weighted by Gasteiger charge is -2.33. The second-order valence-corrected chi connectivity index (χ2v) is 6.32. The van der Waals surface area contributed by atoms with Crippen LogP contribution in [0.25, 0.3) is 0 Å². The van der Waals surface area contributed by atoms with E-state index in [1.165, 1.54) is 44.5 Å². The molecular formula is C18H30N2O. The molecule has 2 rings (SSSR count). The van der Waals surface area contributed by atoms with Crippen molar-refractivity contribution in [2.75, 3.05) is 39.9 Å². The number of hydrogen-bond donors (Lipinski definition) is 1. The maximum atomic E-state index is 5.19. The van der Waals surface area contributed by atoms with Gasteiger partial charge in [0.1, 0.15) is 0 Å². The van der Waals surface area contributed by atoms with Crippen LogP contribution in [0.1, 0.15) is 25.3 Å². The van der Waals surface area contributed by atoms with E-state index < -0.39 is 0 Å². The zero-order chi connectivity index (χ0) is 14.9. The first kappa shape index (κ1) is 16.5. The molecule has 0 amide bonds. The van der Waals surface area contributed by atoms with E-state index in [9.17, 15) is 0 Å². The third kappa shape index (κ3) is 6.16. The van der Waals surface area contributed by atoms with Crippen molar-refractivity contribution in [1.29, 1.82) is 0 Å². The van der Waals surface area contributed by atoms with Crippen LogP contribution in [-0.2, 0) is 11.2 Å². The van der Waals surface area contributed by atoms with Crippen molar-refractivity contribution in [3.05, 3.63) is 35.9 Å². The lowest BCUT2D eigenvalue weighted by molar-refractivity contribution is 0.150. The molecule has 1 saturated heterocycles. The highest BCUT2D eigenvalue weighted by Gasteiger charge is 2.18. The molecule has 0 aromatic heterocycles. The summed E-state index contributed by atoms with van der Waals surface area (Å²) in [5.74, 6) is 0.603. The largest absolute Gasteiger partial charge is 0.384 e. The molecule has 3 nitrogen and oxygen atoms in total. The predicted molar refractivity (Wildman–Crippen MR) is 88.7 cm³/mol. The number of likely N-dealkylation sites (tertiary alicyclic amines) is 1. The van der Waals surface area contributed by atoms with Crippen molar-refractivity contribution in [3.8, 4) is 0 Å². The van der Waals surface area contributed by atoms with Gasteiger partial charge in [0.15, 0.2) is 0 Å². The lowest BCUT2D eigenvalue weighted by atomic mass is 10.0. The summed E-state index contributed by atoms with van der Waals surface area (Å²) in [6, 6.07) is 11.5. The van der Waals surface area contributed by atoms with Crippen LogP contribution in [0.5, 0.6) is 0 Å². The third-order valence-corrected chi connectivity index (χ3v) is 4.35. The first-order valence-corrected chi connectivity index (χ1v) is 8.26. The normalized spacial score (nSPS) is 18.8. The number of nitrogens with one attached hydrogen (secondary N) is 1. The van der Waals surface area contributed by atoms with Gasteiger partial charge in [-0.2, -0.15) is 0 Å². The molecule has 0 saturated carbocycles.